The van der Waals surface area contributed by atoms with Crippen molar-refractivity contribution in [3.63, 3.8) is 0 Å². The van der Waals surface area contributed by atoms with Crippen molar-refractivity contribution in [2.75, 3.05) is 4.90 Å². The number of carbonyl (C=O) groups excluding carboxylic acids is 2. The highest BCUT2D eigenvalue weighted by Crippen LogP contribution is 2.17. The molecule has 2 N–H and O–H groups in total. The first-order valence-electron chi connectivity index (χ1n) is 10.9. The molecule has 1 aliphatic rings. The third-order valence-corrected chi connectivity index (χ3v) is 5.45. The monoisotopic (exact) mass is 467 g/mol. The van der Waals surface area contributed by atoms with Crippen molar-refractivity contribution in [3.8, 4) is 5.69 Å². The van der Waals surface area contributed by atoms with Gasteiger partial charge in [0.05, 0.1) is 11.3 Å². The van der Waals surface area contributed by atoms with E-state index in [4.69, 9.17) is 0 Å². The molecule has 2 aromatic carbocycles. The van der Waals surface area contributed by atoms with Crippen LogP contribution in [0.3, 0.4) is 0 Å². The number of benzene rings is 2. The SMILES string of the molecule is CC1=[NH+]C(=O)N(c2ccccc2)C(=O)/C1=C/C=C/C=C/c1c(C)[nH]c(=O)n(-c2ccccc2)c1=O. The van der Waals surface area contributed by atoms with Crippen LogP contribution in [0.1, 0.15) is 18.2 Å². The number of rotatable bonds is 5. The van der Waals surface area contributed by atoms with Crippen molar-refractivity contribution < 1.29 is 14.6 Å². The van der Waals surface area contributed by atoms with E-state index in [2.05, 4.69) is 9.98 Å². The van der Waals surface area contributed by atoms with Gasteiger partial charge in [0.25, 0.3) is 5.56 Å². The molecule has 1 aromatic heterocycles. The standard InChI is InChI=1S/C27H22N4O4/c1-18-22(24(32)30(26(34)28-18)20-12-6-3-7-13-20)16-10-5-11-17-23-19(2)29-27(35)31(25(23)33)21-14-8-4-9-15-21/h3-17H,1-2H3,(H,28,34)/p+1/b11-5+,16-10+,23-17+. The Balaban J connectivity index is 1.60. The van der Waals surface area contributed by atoms with Gasteiger partial charge in [0.1, 0.15) is 17.0 Å². The number of nitrogens with zero attached hydrogens (tertiary/aromatic N) is 2. The molecule has 8 heteroatoms. The Morgan fingerprint density at radius 3 is 2.09 bits per heavy atom. The maximum atomic E-state index is 13.0. The van der Waals surface area contributed by atoms with Crippen LogP contribution in [0.15, 0.2) is 100 Å². The topological polar surface area (TPSA) is 106 Å². The number of allylic oxidation sites excluding steroid dienone is 4. The molecule has 35 heavy (non-hydrogen) atoms. The van der Waals surface area contributed by atoms with Crippen molar-refractivity contribution in [3.05, 3.63) is 123 Å². The second kappa shape index (κ2) is 9.96. The lowest BCUT2D eigenvalue weighted by atomic mass is 10.1. The van der Waals surface area contributed by atoms with E-state index in [1.165, 1.54) is 0 Å². The van der Waals surface area contributed by atoms with Crippen LogP contribution in [0.25, 0.3) is 11.8 Å². The van der Waals surface area contributed by atoms with E-state index in [9.17, 15) is 19.2 Å². The Hall–Kier alpha value is -4.85. The highest BCUT2D eigenvalue weighted by molar-refractivity contribution is 6.32. The average molecular weight is 468 g/mol. The summed E-state index contributed by atoms with van der Waals surface area (Å²) in [5.41, 5.74) is 1.57. The lowest BCUT2D eigenvalue weighted by Crippen LogP contribution is -2.85. The number of hydrogen-bond donors (Lipinski definition) is 2. The van der Waals surface area contributed by atoms with Crippen molar-refractivity contribution >= 4 is 29.4 Å². The minimum atomic E-state index is -0.511. The van der Waals surface area contributed by atoms with Gasteiger partial charge >= 0.3 is 17.6 Å². The van der Waals surface area contributed by atoms with E-state index in [0.29, 0.717) is 33.9 Å². The van der Waals surface area contributed by atoms with Gasteiger partial charge in [0, 0.05) is 5.69 Å². The minimum Gasteiger partial charge on any atom is -0.310 e. The molecule has 0 aliphatic carbocycles. The lowest BCUT2D eigenvalue weighted by molar-refractivity contribution is -0.341. The van der Waals surface area contributed by atoms with Gasteiger partial charge in [-0.05, 0) is 50.3 Å². The van der Waals surface area contributed by atoms with Gasteiger partial charge < -0.3 is 4.98 Å². The molecule has 3 aromatic rings. The predicted octanol–water partition coefficient (Wildman–Crippen LogP) is 2.04. The van der Waals surface area contributed by atoms with Crippen LogP contribution in [0, 0.1) is 6.92 Å². The molecular formula is C27H23N4O4+. The van der Waals surface area contributed by atoms with Crippen molar-refractivity contribution in [2.24, 2.45) is 0 Å². The molecule has 174 valence electrons. The van der Waals surface area contributed by atoms with Crippen LogP contribution in [0.4, 0.5) is 10.5 Å². The molecule has 0 unspecified atom stereocenters. The summed E-state index contributed by atoms with van der Waals surface area (Å²) in [4.78, 5) is 57.2. The summed E-state index contributed by atoms with van der Waals surface area (Å²) in [6, 6.07) is 16.8. The van der Waals surface area contributed by atoms with Crippen LogP contribution < -0.4 is 21.1 Å². The van der Waals surface area contributed by atoms with E-state index in [1.807, 2.05) is 0 Å². The van der Waals surface area contributed by atoms with E-state index < -0.39 is 23.2 Å². The number of para-hydroxylation sites is 2. The molecule has 0 spiro atoms. The van der Waals surface area contributed by atoms with Gasteiger partial charge in [-0.3, -0.25) is 4.79 Å². The first-order valence-corrected chi connectivity index (χ1v) is 10.9. The van der Waals surface area contributed by atoms with E-state index in [-0.39, 0.29) is 0 Å². The van der Waals surface area contributed by atoms with E-state index in [1.54, 1.807) is 105 Å². The summed E-state index contributed by atoms with van der Waals surface area (Å²) in [7, 11) is 0. The highest BCUT2D eigenvalue weighted by atomic mass is 16.2. The van der Waals surface area contributed by atoms with Crippen LogP contribution in [0.2, 0.25) is 0 Å². The van der Waals surface area contributed by atoms with Crippen molar-refractivity contribution in [1.29, 1.82) is 0 Å². The molecular weight excluding hydrogens is 444 g/mol. The number of hydrogen-bond acceptors (Lipinski definition) is 4. The Kier molecular flexibility index (Phi) is 6.64. The second-order valence-corrected chi connectivity index (χ2v) is 7.80. The smallest absolute Gasteiger partial charge is 0.310 e. The molecule has 4 rings (SSSR count). The van der Waals surface area contributed by atoms with Gasteiger partial charge in [0.15, 0.2) is 0 Å². The van der Waals surface area contributed by atoms with E-state index in [0.717, 1.165) is 9.47 Å². The summed E-state index contributed by atoms with van der Waals surface area (Å²) in [5, 5.41) is 0. The largest absolute Gasteiger partial charge is 0.504 e. The molecule has 3 amide bonds. The number of carbonyl (C=O) groups is 2. The first kappa shape index (κ1) is 23.3. The van der Waals surface area contributed by atoms with Crippen molar-refractivity contribution in [1.82, 2.24) is 9.55 Å². The zero-order chi connectivity index (χ0) is 24.9. The maximum Gasteiger partial charge on any atom is 0.504 e. The number of amides is 3. The summed E-state index contributed by atoms with van der Waals surface area (Å²) < 4.78 is 1.08. The molecule has 0 saturated heterocycles. The Morgan fingerprint density at radius 2 is 1.43 bits per heavy atom. The third kappa shape index (κ3) is 4.77. The number of anilines is 1. The molecule has 0 bridgehead atoms. The molecule has 0 radical (unpaired) electrons. The lowest BCUT2D eigenvalue weighted by Gasteiger charge is -2.16. The molecule has 0 fully saturated rings. The summed E-state index contributed by atoms with van der Waals surface area (Å²) in [5.74, 6) is -0.437. The van der Waals surface area contributed by atoms with Gasteiger partial charge in [-0.1, -0.05) is 54.6 Å². The number of aryl methyl sites for hydroxylation is 1. The first-order chi connectivity index (χ1) is 16.9. The Morgan fingerprint density at radius 1 is 0.800 bits per heavy atom. The number of nitrogens with one attached hydrogen (secondary N) is 2. The van der Waals surface area contributed by atoms with Gasteiger partial charge in [-0.25, -0.2) is 19.1 Å². The zero-order valence-electron chi connectivity index (χ0n) is 19.2. The van der Waals surface area contributed by atoms with Gasteiger partial charge in [0.2, 0.25) is 0 Å². The average Bonchev–Trinajstić information content (AvgIpc) is 2.83. The molecule has 1 aliphatic heterocycles. The number of urea groups is 1. The van der Waals surface area contributed by atoms with Crippen LogP contribution >= 0.6 is 0 Å². The van der Waals surface area contributed by atoms with Crippen LogP contribution in [-0.4, -0.2) is 27.2 Å². The van der Waals surface area contributed by atoms with E-state index >= 15 is 0 Å². The van der Waals surface area contributed by atoms with Crippen LogP contribution in [0.5, 0.6) is 0 Å². The Labute approximate surface area is 200 Å². The van der Waals surface area contributed by atoms with Gasteiger partial charge in [-0.2, -0.15) is 4.79 Å². The third-order valence-electron chi connectivity index (χ3n) is 5.45. The van der Waals surface area contributed by atoms with Crippen molar-refractivity contribution in [2.45, 2.75) is 13.8 Å². The Bertz CT molecular complexity index is 1520. The maximum absolute atomic E-state index is 13.0. The normalized spacial score (nSPS) is 15.4. The number of aromatic amines is 1. The summed E-state index contributed by atoms with van der Waals surface area (Å²) in [6.45, 7) is 3.31. The number of aromatic nitrogens is 2. The predicted molar refractivity (Wildman–Crippen MR) is 135 cm³/mol. The van der Waals surface area contributed by atoms with Crippen LogP contribution in [-0.2, 0) is 4.79 Å². The van der Waals surface area contributed by atoms with Gasteiger partial charge in [-0.15, -0.1) is 4.90 Å². The molecule has 0 saturated carbocycles. The number of imide groups is 1. The quantitative estimate of drug-likeness (QED) is 0.442. The fourth-order valence-electron chi connectivity index (χ4n) is 3.70. The zero-order valence-corrected chi connectivity index (χ0v) is 19.2. The molecule has 8 nitrogen and oxygen atoms in total. The molecule has 0 atom stereocenters. The number of H-pyrrole nitrogens is 1. The summed E-state index contributed by atoms with van der Waals surface area (Å²) in [6.07, 6.45) is 8.14. The highest BCUT2D eigenvalue weighted by Gasteiger charge is 2.39. The second-order valence-electron chi connectivity index (χ2n) is 7.80. The minimum absolute atomic E-state index is 0.338. The molecule has 2 heterocycles. The summed E-state index contributed by atoms with van der Waals surface area (Å²) >= 11 is 0. The fraction of sp³-hybridized carbons (Fsp3) is 0.0741. The fourth-order valence-corrected chi connectivity index (χ4v) is 3.70.